The van der Waals surface area contributed by atoms with Crippen molar-refractivity contribution in [1.82, 2.24) is 10.2 Å². The van der Waals surface area contributed by atoms with Gasteiger partial charge < -0.3 is 10.2 Å². The standard InChI is InChI=1S/C12H24N2O/c1-11(2,3)9-7-13-8-10(15)14(9)12(4,5)6/h9,13H,7-8H2,1-6H3. The molecule has 0 aromatic carbocycles. The van der Waals surface area contributed by atoms with Crippen molar-refractivity contribution in [1.29, 1.82) is 0 Å². The van der Waals surface area contributed by atoms with E-state index in [0.29, 0.717) is 6.54 Å². The molecule has 1 unspecified atom stereocenters. The van der Waals surface area contributed by atoms with Crippen LogP contribution < -0.4 is 5.32 Å². The maximum absolute atomic E-state index is 12.0. The van der Waals surface area contributed by atoms with E-state index in [1.165, 1.54) is 0 Å². The first-order valence-electron chi connectivity index (χ1n) is 5.67. The van der Waals surface area contributed by atoms with Gasteiger partial charge in [0.2, 0.25) is 5.91 Å². The molecule has 15 heavy (non-hydrogen) atoms. The van der Waals surface area contributed by atoms with Crippen molar-refractivity contribution in [2.24, 2.45) is 5.41 Å². The lowest BCUT2D eigenvalue weighted by molar-refractivity contribution is -0.145. The summed E-state index contributed by atoms with van der Waals surface area (Å²) >= 11 is 0. The molecule has 0 spiro atoms. The smallest absolute Gasteiger partial charge is 0.237 e. The number of hydrogen-bond acceptors (Lipinski definition) is 2. The van der Waals surface area contributed by atoms with Crippen LogP contribution >= 0.6 is 0 Å². The minimum Gasteiger partial charge on any atom is -0.332 e. The summed E-state index contributed by atoms with van der Waals surface area (Å²) in [5.74, 6) is 0.216. The van der Waals surface area contributed by atoms with Crippen molar-refractivity contribution < 1.29 is 4.79 Å². The molecule has 1 atom stereocenters. The second kappa shape index (κ2) is 3.78. The Bertz CT molecular complexity index is 247. The molecule has 0 saturated carbocycles. The lowest BCUT2D eigenvalue weighted by atomic mass is 9.82. The maximum Gasteiger partial charge on any atom is 0.237 e. The highest BCUT2D eigenvalue weighted by Crippen LogP contribution is 2.30. The topological polar surface area (TPSA) is 32.3 Å². The fourth-order valence-electron chi connectivity index (χ4n) is 2.20. The van der Waals surface area contributed by atoms with Crippen molar-refractivity contribution in [2.75, 3.05) is 13.1 Å². The van der Waals surface area contributed by atoms with Crippen LogP contribution in [0, 0.1) is 5.41 Å². The van der Waals surface area contributed by atoms with Crippen LogP contribution in [-0.2, 0) is 4.79 Å². The van der Waals surface area contributed by atoms with E-state index in [1.807, 2.05) is 4.90 Å². The molecule has 1 fully saturated rings. The van der Waals surface area contributed by atoms with Crippen molar-refractivity contribution >= 4 is 5.91 Å². The third-order valence-corrected chi connectivity index (χ3v) is 2.92. The molecule has 1 rings (SSSR count). The van der Waals surface area contributed by atoms with E-state index in [9.17, 15) is 4.79 Å². The van der Waals surface area contributed by atoms with E-state index in [0.717, 1.165) is 6.54 Å². The lowest BCUT2D eigenvalue weighted by Gasteiger charge is -2.50. The Morgan fingerprint density at radius 2 is 1.73 bits per heavy atom. The van der Waals surface area contributed by atoms with Crippen LogP contribution in [0.5, 0.6) is 0 Å². The van der Waals surface area contributed by atoms with Gasteiger partial charge in [-0.1, -0.05) is 20.8 Å². The summed E-state index contributed by atoms with van der Waals surface area (Å²) in [5.41, 5.74) is 0.0352. The summed E-state index contributed by atoms with van der Waals surface area (Å²) in [6.07, 6.45) is 0. The normalized spacial score (nSPS) is 24.5. The number of hydrogen-bond donors (Lipinski definition) is 1. The largest absolute Gasteiger partial charge is 0.332 e. The fraction of sp³-hybridized carbons (Fsp3) is 0.917. The Balaban J connectivity index is 2.98. The molecule has 3 nitrogen and oxygen atoms in total. The van der Waals surface area contributed by atoms with Gasteiger partial charge in [-0.15, -0.1) is 0 Å². The summed E-state index contributed by atoms with van der Waals surface area (Å²) in [5, 5.41) is 3.20. The highest BCUT2D eigenvalue weighted by Gasteiger charge is 2.41. The number of carbonyl (C=O) groups excluding carboxylic acids is 1. The van der Waals surface area contributed by atoms with E-state index in [4.69, 9.17) is 0 Å². The number of piperazine rings is 1. The predicted octanol–water partition coefficient (Wildman–Crippen LogP) is 1.63. The van der Waals surface area contributed by atoms with E-state index >= 15 is 0 Å². The second-order valence-electron chi connectivity index (χ2n) is 6.45. The zero-order valence-electron chi connectivity index (χ0n) is 10.8. The quantitative estimate of drug-likeness (QED) is 0.662. The van der Waals surface area contributed by atoms with Gasteiger partial charge in [-0.2, -0.15) is 0 Å². The lowest BCUT2D eigenvalue weighted by Crippen LogP contribution is -2.64. The monoisotopic (exact) mass is 212 g/mol. The molecular weight excluding hydrogens is 188 g/mol. The van der Waals surface area contributed by atoms with Crippen LogP contribution in [0.15, 0.2) is 0 Å². The SMILES string of the molecule is CC(C)(C)C1CNCC(=O)N1C(C)(C)C. The summed E-state index contributed by atoms with van der Waals surface area (Å²) in [7, 11) is 0. The van der Waals surface area contributed by atoms with Gasteiger partial charge in [-0.3, -0.25) is 4.79 Å². The molecule has 0 aromatic heterocycles. The molecule has 1 aliphatic heterocycles. The Labute approximate surface area is 93.2 Å². The molecular formula is C12H24N2O. The van der Waals surface area contributed by atoms with Gasteiger partial charge in [-0.25, -0.2) is 0 Å². The number of carbonyl (C=O) groups is 1. The number of nitrogens with zero attached hydrogens (tertiary/aromatic N) is 1. The average molecular weight is 212 g/mol. The molecule has 0 aromatic rings. The van der Waals surface area contributed by atoms with Crippen molar-refractivity contribution in [3.63, 3.8) is 0 Å². The van der Waals surface area contributed by atoms with Gasteiger partial charge in [0.05, 0.1) is 6.54 Å². The van der Waals surface area contributed by atoms with Crippen LogP contribution in [0.1, 0.15) is 41.5 Å². The van der Waals surface area contributed by atoms with Gasteiger partial charge >= 0.3 is 0 Å². The van der Waals surface area contributed by atoms with Gasteiger partial charge in [0.15, 0.2) is 0 Å². The predicted molar refractivity (Wildman–Crippen MR) is 62.7 cm³/mol. The molecule has 88 valence electrons. The summed E-state index contributed by atoms with van der Waals surface area (Å²) < 4.78 is 0. The molecule has 0 bridgehead atoms. The minimum atomic E-state index is -0.0862. The Hall–Kier alpha value is -0.570. The maximum atomic E-state index is 12.0. The zero-order chi connectivity index (χ0) is 11.9. The summed E-state index contributed by atoms with van der Waals surface area (Å²) in [6.45, 7) is 14.3. The average Bonchev–Trinajstić information content (AvgIpc) is 1.99. The Morgan fingerprint density at radius 1 is 1.20 bits per heavy atom. The van der Waals surface area contributed by atoms with Gasteiger partial charge in [0.1, 0.15) is 0 Å². The van der Waals surface area contributed by atoms with Crippen LogP contribution in [0.3, 0.4) is 0 Å². The number of rotatable bonds is 0. The van der Waals surface area contributed by atoms with Gasteiger partial charge in [-0.05, 0) is 26.2 Å². The molecule has 1 aliphatic rings. The van der Waals surface area contributed by atoms with Crippen LogP contribution in [-0.4, -0.2) is 35.5 Å². The molecule has 0 aliphatic carbocycles. The number of nitrogens with one attached hydrogen (secondary N) is 1. The third-order valence-electron chi connectivity index (χ3n) is 2.92. The van der Waals surface area contributed by atoms with Crippen LogP contribution in [0.4, 0.5) is 0 Å². The second-order valence-corrected chi connectivity index (χ2v) is 6.45. The molecule has 3 heteroatoms. The first-order valence-corrected chi connectivity index (χ1v) is 5.67. The highest BCUT2D eigenvalue weighted by molar-refractivity contribution is 5.80. The van der Waals surface area contributed by atoms with E-state index < -0.39 is 0 Å². The zero-order valence-corrected chi connectivity index (χ0v) is 10.8. The Morgan fingerprint density at radius 3 is 2.07 bits per heavy atom. The summed E-state index contributed by atoms with van der Waals surface area (Å²) in [4.78, 5) is 14.0. The van der Waals surface area contributed by atoms with E-state index in [2.05, 4.69) is 46.9 Å². The summed E-state index contributed by atoms with van der Waals surface area (Å²) in [6, 6.07) is 0.277. The number of amides is 1. The fourth-order valence-corrected chi connectivity index (χ4v) is 2.20. The van der Waals surface area contributed by atoms with E-state index in [1.54, 1.807) is 0 Å². The van der Waals surface area contributed by atoms with Gasteiger partial charge in [0.25, 0.3) is 0 Å². The first kappa shape index (κ1) is 12.5. The molecule has 1 saturated heterocycles. The van der Waals surface area contributed by atoms with Crippen molar-refractivity contribution in [2.45, 2.75) is 53.1 Å². The van der Waals surface area contributed by atoms with Crippen molar-refractivity contribution in [3.05, 3.63) is 0 Å². The van der Waals surface area contributed by atoms with Gasteiger partial charge in [0, 0.05) is 18.1 Å². The Kier molecular flexibility index (Phi) is 3.15. The van der Waals surface area contributed by atoms with E-state index in [-0.39, 0.29) is 22.9 Å². The molecule has 1 N–H and O–H groups in total. The minimum absolute atomic E-state index is 0.0862. The van der Waals surface area contributed by atoms with Crippen LogP contribution in [0.2, 0.25) is 0 Å². The molecule has 0 radical (unpaired) electrons. The highest BCUT2D eigenvalue weighted by atomic mass is 16.2. The first-order chi connectivity index (χ1) is 6.64. The molecule has 1 heterocycles. The van der Waals surface area contributed by atoms with Crippen molar-refractivity contribution in [3.8, 4) is 0 Å². The third kappa shape index (κ3) is 2.71. The molecule has 1 amide bonds. The van der Waals surface area contributed by atoms with Crippen LogP contribution in [0.25, 0.3) is 0 Å².